The predicted octanol–water partition coefficient (Wildman–Crippen LogP) is 1.88. The second-order valence-electron chi connectivity index (χ2n) is 4.16. The molecule has 0 radical (unpaired) electrons. The average Bonchev–Trinajstić information content (AvgIpc) is 1.57. The summed E-state index contributed by atoms with van der Waals surface area (Å²) in [4.78, 5) is 0. The Hall–Kier alpha value is -0.110. The summed E-state index contributed by atoms with van der Waals surface area (Å²) in [6.07, 6.45) is 0.869. The zero-order chi connectivity index (χ0) is 7.78. The largest absolute Gasteiger partial charge is 0.309 e. The molecule has 2 heteroatoms. The summed E-state index contributed by atoms with van der Waals surface area (Å²) in [5.74, 6) is 0. The van der Waals surface area contributed by atoms with E-state index in [0.717, 1.165) is 0 Å². The van der Waals surface area contributed by atoms with Gasteiger partial charge in [-0.3, -0.25) is 0 Å². The van der Waals surface area contributed by atoms with E-state index in [9.17, 15) is 4.39 Å². The second kappa shape index (κ2) is 2.50. The SMILES string of the molecule is CC(C)(C)N[C@H]1C[C@H](F)C1. The molecular formula is C8H16FN. The number of hydrogen-bond donors (Lipinski definition) is 1. The number of halogens is 1. The molecule has 0 aromatic heterocycles. The summed E-state index contributed by atoms with van der Waals surface area (Å²) in [6, 6.07) is 0.426. The van der Waals surface area contributed by atoms with Crippen molar-refractivity contribution in [2.24, 2.45) is 0 Å². The summed E-state index contributed by atoms with van der Waals surface area (Å²) in [5, 5.41) is 3.35. The molecule has 1 N–H and O–H groups in total. The molecule has 1 aliphatic carbocycles. The maximum absolute atomic E-state index is 12.3. The van der Waals surface area contributed by atoms with Gasteiger partial charge in [0.05, 0.1) is 0 Å². The first kappa shape index (κ1) is 7.99. The zero-order valence-electron chi connectivity index (χ0n) is 6.95. The van der Waals surface area contributed by atoms with Gasteiger partial charge in [-0.1, -0.05) is 0 Å². The minimum absolute atomic E-state index is 0.144. The van der Waals surface area contributed by atoms with Crippen molar-refractivity contribution in [3.05, 3.63) is 0 Å². The summed E-state index contributed by atoms with van der Waals surface area (Å²) >= 11 is 0. The molecule has 1 nitrogen and oxygen atoms in total. The van der Waals surface area contributed by atoms with Gasteiger partial charge in [0, 0.05) is 11.6 Å². The van der Waals surface area contributed by atoms with Crippen LogP contribution in [0.15, 0.2) is 0 Å². The van der Waals surface area contributed by atoms with Crippen LogP contribution in [0.2, 0.25) is 0 Å². The molecule has 0 aliphatic heterocycles. The highest BCUT2D eigenvalue weighted by atomic mass is 19.1. The van der Waals surface area contributed by atoms with Gasteiger partial charge in [0.2, 0.25) is 0 Å². The lowest BCUT2D eigenvalue weighted by atomic mass is 9.89. The molecule has 0 spiro atoms. The Bertz CT molecular complexity index is 111. The smallest absolute Gasteiger partial charge is 0.103 e. The Morgan fingerprint density at radius 3 is 2.10 bits per heavy atom. The van der Waals surface area contributed by atoms with Crippen LogP contribution in [0.1, 0.15) is 33.6 Å². The molecule has 1 fully saturated rings. The van der Waals surface area contributed by atoms with Gasteiger partial charge in [-0.05, 0) is 33.6 Å². The van der Waals surface area contributed by atoms with E-state index < -0.39 is 6.17 Å². The molecule has 1 rings (SSSR count). The van der Waals surface area contributed by atoms with E-state index in [4.69, 9.17) is 0 Å². The topological polar surface area (TPSA) is 12.0 Å². The van der Waals surface area contributed by atoms with E-state index in [-0.39, 0.29) is 5.54 Å². The molecule has 0 amide bonds. The van der Waals surface area contributed by atoms with Crippen molar-refractivity contribution >= 4 is 0 Å². The van der Waals surface area contributed by atoms with Gasteiger partial charge in [0.15, 0.2) is 0 Å². The quantitative estimate of drug-likeness (QED) is 0.594. The van der Waals surface area contributed by atoms with Crippen LogP contribution >= 0.6 is 0 Å². The number of nitrogens with one attached hydrogen (secondary N) is 1. The first-order valence-corrected chi connectivity index (χ1v) is 3.89. The summed E-state index contributed by atoms with van der Waals surface area (Å²) in [5.41, 5.74) is 0.144. The first-order chi connectivity index (χ1) is 4.47. The molecule has 10 heavy (non-hydrogen) atoms. The first-order valence-electron chi connectivity index (χ1n) is 3.89. The molecule has 0 saturated heterocycles. The van der Waals surface area contributed by atoms with Gasteiger partial charge < -0.3 is 5.32 Å². The van der Waals surface area contributed by atoms with E-state index in [2.05, 4.69) is 26.1 Å². The Labute approximate surface area is 62.0 Å². The minimum Gasteiger partial charge on any atom is -0.309 e. The maximum Gasteiger partial charge on any atom is 0.103 e. The van der Waals surface area contributed by atoms with E-state index >= 15 is 0 Å². The molecule has 0 heterocycles. The molecule has 1 aliphatic rings. The Balaban J connectivity index is 2.16. The molecule has 60 valence electrons. The number of alkyl halides is 1. The fourth-order valence-corrected chi connectivity index (χ4v) is 1.28. The summed E-state index contributed by atoms with van der Waals surface area (Å²) in [7, 11) is 0. The summed E-state index contributed by atoms with van der Waals surface area (Å²) in [6.45, 7) is 6.33. The third kappa shape index (κ3) is 2.25. The van der Waals surface area contributed by atoms with Crippen LogP contribution < -0.4 is 5.32 Å². The molecule has 0 unspecified atom stereocenters. The maximum atomic E-state index is 12.3. The van der Waals surface area contributed by atoms with Crippen LogP contribution in [0.5, 0.6) is 0 Å². The fourth-order valence-electron chi connectivity index (χ4n) is 1.28. The van der Waals surface area contributed by atoms with Gasteiger partial charge in [-0.25, -0.2) is 4.39 Å². The normalized spacial score (nSPS) is 33.6. The minimum atomic E-state index is -0.542. The Morgan fingerprint density at radius 2 is 1.80 bits per heavy atom. The van der Waals surface area contributed by atoms with Gasteiger partial charge >= 0.3 is 0 Å². The number of hydrogen-bond acceptors (Lipinski definition) is 1. The van der Waals surface area contributed by atoms with E-state index in [0.29, 0.717) is 18.9 Å². The van der Waals surface area contributed by atoms with E-state index in [1.165, 1.54) is 0 Å². The third-order valence-corrected chi connectivity index (χ3v) is 1.72. The summed E-state index contributed by atoms with van der Waals surface area (Å²) < 4.78 is 12.3. The van der Waals surface area contributed by atoms with E-state index in [1.54, 1.807) is 0 Å². The van der Waals surface area contributed by atoms with Gasteiger partial charge in [0.25, 0.3) is 0 Å². The van der Waals surface area contributed by atoms with Crippen molar-refractivity contribution in [3.63, 3.8) is 0 Å². The Kier molecular flexibility index (Phi) is 1.99. The van der Waals surface area contributed by atoms with Crippen molar-refractivity contribution in [1.82, 2.24) is 5.32 Å². The van der Waals surface area contributed by atoms with Crippen molar-refractivity contribution in [2.75, 3.05) is 0 Å². The highest BCUT2D eigenvalue weighted by Gasteiger charge is 2.30. The second-order valence-corrected chi connectivity index (χ2v) is 4.16. The molecule has 0 aromatic rings. The standard InChI is InChI=1S/C8H16FN/c1-8(2,3)10-7-4-6(9)5-7/h6-7,10H,4-5H2,1-3H3/t6-,7-. The monoisotopic (exact) mass is 145 g/mol. The van der Waals surface area contributed by atoms with Crippen molar-refractivity contribution in [2.45, 2.75) is 51.4 Å². The lowest BCUT2D eigenvalue weighted by Crippen LogP contribution is -2.50. The molecule has 0 aromatic carbocycles. The van der Waals surface area contributed by atoms with Crippen molar-refractivity contribution in [1.29, 1.82) is 0 Å². The Morgan fingerprint density at radius 1 is 1.30 bits per heavy atom. The van der Waals surface area contributed by atoms with Crippen LogP contribution in [-0.2, 0) is 0 Å². The van der Waals surface area contributed by atoms with Crippen LogP contribution in [0, 0.1) is 0 Å². The van der Waals surface area contributed by atoms with Crippen LogP contribution in [-0.4, -0.2) is 17.8 Å². The van der Waals surface area contributed by atoms with Crippen molar-refractivity contribution in [3.8, 4) is 0 Å². The van der Waals surface area contributed by atoms with Gasteiger partial charge in [0.1, 0.15) is 6.17 Å². The molecule has 0 atom stereocenters. The predicted molar refractivity (Wildman–Crippen MR) is 40.8 cm³/mol. The average molecular weight is 145 g/mol. The third-order valence-electron chi connectivity index (χ3n) is 1.72. The highest BCUT2D eigenvalue weighted by molar-refractivity contribution is 4.89. The van der Waals surface area contributed by atoms with Gasteiger partial charge in [-0.2, -0.15) is 0 Å². The molecular weight excluding hydrogens is 129 g/mol. The zero-order valence-corrected chi connectivity index (χ0v) is 6.95. The molecule has 0 bridgehead atoms. The highest BCUT2D eigenvalue weighted by Crippen LogP contribution is 2.24. The van der Waals surface area contributed by atoms with Crippen molar-refractivity contribution < 1.29 is 4.39 Å². The fraction of sp³-hybridized carbons (Fsp3) is 1.00. The van der Waals surface area contributed by atoms with Crippen LogP contribution in [0.4, 0.5) is 4.39 Å². The number of rotatable bonds is 1. The lowest BCUT2D eigenvalue weighted by Gasteiger charge is -2.36. The van der Waals surface area contributed by atoms with Gasteiger partial charge in [-0.15, -0.1) is 0 Å². The van der Waals surface area contributed by atoms with Crippen LogP contribution in [0.3, 0.4) is 0 Å². The van der Waals surface area contributed by atoms with Crippen LogP contribution in [0.25, 0.3) is 0 Å². The lowest BCUT2D eigenvalue weighted by molar-refractivity contribution is 0.135. The van der Waals surface area contributed by atoms with E-state index in [1.807, 2.05) is 0 Å². The molecule has 1 saturated carbocycles.